The van der Waals surface area contributed by atoms with E-state index in [4.69, 9.17) is 9.47 Å². The molecular weight excluding hydrogens is 418 g/mol. The van der Waals surface area contributed by atoms with Crippen molar-refractivity contribution in [2.45, 2.75) is 135 Å². The Hall–Kier alpha value is -1.14. The van der Waals surface area contributed by atoms with Crippen LogP contribution in [0.4, 0.5) is 0 Å². The second-order valence-corrected chi connectivity index (χ2v) is 9.59. The number of nitrogens with zero attached hydrogens (tertiary/aromatic N) is 1. The van der Waals surface area contributed by atoms with Gasteiger partial charge in [-0.15, -0.1) is 0 Å². The highest BCUT2D eigenvalue weighted by atomic mass is 16.6. The van der Waals surface area contributed by atoms with Crippen LogP contribution in [0.25, 0.3) is 0 Å². The van der Waals surface area contributed by atoms with Crippen molar-refractivity contribution >= 4 is 11.9 Å². The molecule has 0 aliphatic heterocycles. The SMILES string of the molecule is CCCCCCCCCCCC(O)C(CCCCC)OC(=O)CCCC(=O)OCCN(C)C. The average Bonchev–Trinajstić information content (AvgIpc) is 2.77. The zero-order valence-corrected chi connectivity index (χ0v) is 22.1. The molecule has 0 aliphatic rings. The molecule has 0 radical (unpaired) electrons. The van der Waals surface area contributed by atoms with E-state index in [1.54, 1.807) is 0 Å². The molecule has 0 amide bonds. The van der Waals surface area contributed by atoms with Gasteiger partial charge in [-0.25, -0.2) is 0 Å². The summed E-state index contributed by atoms with van der Waals surface area (Å²) in [6.45, 7) is 5.42. The molecule has 6 heteroatoms. The summed E-state index contributed by atoms with van der Waals surface area (Å²) >= 11 is 0. The summed E-state index contributed by atoms with van der Waals surface area (Å²) in [5.41, 5.74) is 0. The predicted molar refractivity (Wildman–Crippen MR) is 135 cm³/mol. The van der Waals surface area contributed by atoms with E-state index in [1.807, 2.05) is 19.0 Å². The highest BCUT2D eigenvalue weighted by molar-refractivity contribution is 5.72. The third-order valence-corrected chi connectivity index (χ3v) is 5.97. The number of carbonyl (C=O) groups excluding carboxylic acids is 2. The fourth-order valence-corrected chi connectivity index (χ4v) is 3.79. The van der Waals surface area contributed by atoms with Gasteiger partial charge >= 0.3 is 11.9 Å². The zero-order chi connectivity index (χ0) is 24.7. The lowest BCUT2D eigenvalue weighted by Gasteiger charge is -2.23. The summed E-state index contributed by atoms with van der Waals surface area (Å²) in [5.74, 6) is -0.613. The van der Waals surface area contributed by atoms with E-state index in [-0.39, 0.29) is 24.8 Å². The number of hydrogen-bond acceptors (Lipinski definition) is 6. The van der Waals surface area contributed by atoms with Gasteiger partial charge in [-0.2, -0.15) is 0 Å². The smallest absolute Gasteiger partial charge is 0.306 e. The number of hydrogen-bond donors (Lipinski definition) is 1. The highest BCUT2D eigenvalue weighted by Gasteiger charge is 2.23. The van der Waals surface area contributed by atoms with Crippen LogP contribution in [0, 0.1) is 0 Å². The summed E-state index contributed by atoms with van der Waals surface area (Å²) in [6, 6.07) is 0. The van der Waals surface area contributed by atoms with Crippen LogP contribution in [0.5, 0.6) is 0 Å². The molecule has 0 aromatic carbocycles. The van der Waals surface area contributed by atoms with Crippen molar-refractivity contribution in [3.8, 4) is 0 Å². The van der Waals surface area contributed by atoms with Crippen LogP contribution in [0.2, 0.25) is 0 Å². The lowest BCUT2D eigenvalue weighted by Crippen LogP contribution is -2.31. The van der Waals surface area contributed by atoms with Crippen molar-refractivity contribution < 1.29 is 24.2 Å². The molecule has 33 heavy (non-hydrogen) atoms. The minimum absolute atomic E-state index is 0.178. The van der Waals surface area contributed by atoms with Crippen molar-refractivity contribution in [2.75, 3.05) is 27.2 Å². The van der Waals surface area contributed by atoms with Crippen molar-refractivity contribution in [3.63, 3.8) is 0 Å². The van der Waals surface area contributed by atoms with Crippen LogP contribution in [-0.2, 0) is 19.1 Å². The van der Waals surface area contributed by atoms with Gasteiger partial charge < -0.3 is 19.5 Å². The van der Waals surface area contributed by atoms with Gasteiger partial charge in [0.1, 0.15) is 12.7 Å². The average molecular weight is 472 g/mol. The normalized spacial score (nSPS) is 13.2. The van der Waals surface area contributed by atoms with Crippen LogP contribution in [-0.4, -0.2) is 61.4 Å². The summed E-state index contributed by atoms with van der Waals surface area (Å²) in [4.78, 5) is 26.0. The number of carbonyl (C=O) groups is 2. The summed E-state index contributed by atoms with van der Waals surface area (Å²) in [7, 11) is 3.84. The van der Waals surface area contributed by atoms with Crippen molar-refractivity contribution in [2.24, 2.45) is 0 Å². The Labute approximate surface area is 203 Å². The molecule has 0 spiro atoms. The molecule has 0 bridgehead atoms. The van der Waals surface area contributed by atoms with Crippen LogP contribution >= 0.6 is 0 Å². The quantitative estimate of drug-likeness (QED) is 0.145. The van der Waals surface area contributed by atoms with E-state index in [9.17, 15) is 14.7 Å². The molecule has 6 nitrogen and oxygen atoms in total. The molecule has 0 rings (SSSR count). The summed E-state index contributed by atoms with van der Waals surface area (Å²) in [6.07, 6.45) is 15.4. The largest absolute Gasteiger partial charge is 0.464 e. The molecule has 0 aliphatic carbocycles. The molecule has 0 saturated carbocycles. The first kappa shape index (κ1) is 31.9. The monoisotopic (exact) mass is 471 g/mol. The summed E-state index contributed by atoms with van der Waals surface area (Å²) in [5, 5.41) is 10.7. The Morgan fingerprint density at radius 3 is 1.85 bits per heavy atom. The Morgan fingerprint density at radius 2 is 1.24 bits per heavy atom. The molecular formula is C27H53NO5. The molecule has 0 saturated heterocycles. The van der Waals surface area contributed by atoms with Gasteiger partial charge in [0.05, 0.1) is 6.10 Å². The Kier molecular flexibility index (Phi) is 21.9. The number of rotatable bonds is 23. The van der Waals surface area contributed by atoms with Gasteiger partial charge in [0.2, 0.25) is 0 Å². The first-order chi connectivity index (χ1) is 15.9. The maximum Gasteiger partial charge on any atom is 0.306 e. The van der Waals surface area contributed by atoms with Gasteiger partial charge in [0, 0.05) is 19.4 Å². The Bertz CT molecular complexity index is 469. The number of ether oxygens (including phenoxy) is 2. The second kappa shape index (κ2) is 22.6. The van der Waals surface area contributed by atoms with E-state index < -0.39 is 12.2 Å². The van der Waals surface area contributed by atoms with Gasteiger partial charge in [-0.05, 0) is 39.8 Å². The maximum absolute atomic E-state index is 12.3. The molecule has 2 unspecified atom stereocenters. The minimum atomic E-state index is -0.605. The van der Waals surface area contributed by atoms with E-state index in [2.05, 4.69) is 13.8 Å². The fraction of sp³-hybridized carbons (Fsp3) is 0.926. The third-order valence-electron chi connectivity index (χ3n) is 5.97. The van der Waals surface area contributed by atoms with Crippen LogP contribution in [0.1, 0.15) is 123 Å². The van der Waals surface area contributed by atoms with Crippen LogP contribution in [0.15, 0.2) is 0 Å². The minimum Gasteiger partial charge on any atom is -0.464 e. The first-order valence-electron chi connectivity index (χ1n) is 13.6. The van der Waals surface area contributed by atoms with E-state index in [1.165, 1.54) is 44.9 Å². The molecule has 0 heterocycles. The number of aliphatic hydroxyl groups is 1. The molecule has 196 valence electrons. The van der Waals surface area contributed by atoms with Gasteiger partial charge in [-0.3, -0.25) is 9.59 Å². The Balaban J connectivity index is 4.15. The zero-order valence-electron chi connectivity index (χ0n) is 22.1. The number of aliphatic hydroxyl groups excluding tert-OH is 1. The van der Waals surface area contributed by atoms with Crippen molar-refractivity contribution in [1.29, 1.82) is 0 Å². The third kappa shape index (κ3) is 21.2. The van der Waals surface area contributed by atoms with Crippen molar-refractivity contribution in [1.82, 2.24) is 4.90 Å². The molecule has 0 aromatic heterocycles. The van der Waals surface area contributed by atoms with E-state index in [0.29, 0.717) is 32.4 Å². The number of esters is 2. The standard InChI is InChI=1S/C27H53NO5/c1-5-7-9-10-11-12-13-14-16-18-24(29)25(19-15-8-6-2)33-27(31)21-17-20-26(30)32-23-22-28(3)4/h24-25,29H,5-23H2,1-4H3. The van der Waals surface area contributed by atoms with E-state index in [0.717, 1.165) is 32.1 Å². The molecule has 0 aromatic rings. The summed E-state index contributed by atoms with van der Waals surface area (Å²) < 4.78 is 10.8. The highest BCUT2D eigenvalue weighted by Crippen LogP contribution is 2.18. The van der Waals surface area contributed by atoms with Gasteiger partial charge in [0.25, 0.3) is 0 Å². The molecule has 2 atom stereocenters. The fourth-order valence-electron chi connectivity index (χ4n) is 3.79. The predicted octanol–water partition coefficient (Wildman–Crippen LogP) is 6.04. The van der Waals surface area contributed by atoms with Gasteiger partial charge in [-0.1, -0.05) is 84.5 Å². The van der Waals surface area contributed by atoms with E-state index >= 15 is 0 Å². The number of likely N-dealkylation sites (N-methyl/N-ethyl adjacent to an activating group) is 1. The maximum atomic E-state index is 12.3. The van der Waals surface area contributed by atoms with Gasteiger partial charge in [0.15, 0.2) is 0 Å². The molecule has 0 fully saturated rings. The topological polar surface area (TPSA) is 76.1 Å². The van der Waals surface area contributed by atoms with Crippen molar-refractivity contribution in [3.05, 3.63) is 0 Å². The van der Waals surface area contributed by atoms with Crippen LogP contribution < -0.4 is 0 Å². The lowest BCUT2D eigenvalue weighted by atomic mass is 9.99. The second-order valence-electron chi connectivity index (χ2n) is 9.59. The van der Waals surface area contributed by atoms with Crippen LogP contribution in [0.3, 0.4) is 0 Å². The Morgan fingerprint density at radius 1 is 0.727 bits per heavy atom. The first-order valence-corrected chi connectivity index (χ1v) is 13.6. The number of unbranched alkanes of at least 4 members (excludes halogenated alkanes) is 10. The lowest BCUT2D eigenvalue weighted by molar-refractivity contribution is -0.156. The molecule has 1 N–H and O–H groups in total.